The van der Waals surface area contributed by atoms with Crippen LogP contribution in [0.25, 0.3) is 11.3 Å². The monoisotopic (exact) mass is 215 g/mol. The third kappa shape index (κ3) is 1.34. The smallest absolute Gasteiger partial charge is 0.222 e. The van der Waals surface area contributed by atoms with E-state index >= 15 is 0 Å². The van der Waals surface area contributed by atoms with E-state index in [4.69, 9.17) is 10.3 Å². The SMILES string of the molecule is CN1CCc2cc(-c3cc(N)on3)ccc21. The van der Waals surface area contributed by atoms with Gasteiger partial charge < -0.3 is 15.2 Å². The molecule has 0 aliphatic carbocycles. The van der Waals surface area contributed by atoms with E-state index in [2.05, 4.69) is 35.3 Å². The van der Waals surface area contributed by atoms with Crippen LogP contribution in [0.15, 0.2) is 28.8 Å². The highest BCUT2D eigenvalue weighted by molar-refractivity contribution is 5.69. The molecule has 0 spiro atoms. The molecule has 16 heavy (non-hydrogen) atoms. The Morgan fingerprint density at radius 1 is 1.38 bits per heavy atom. The second-order valence-electron chi connectivity index (χ2n) is 4.13. The van der Waals surface area contributed by atoms with E-state index in [1.54, 1.807) is 6.07 Å². The highest BCUT2D eigenvalue weighted by Gasteiger charge is 2.16. The third-order valence-electron chi connectivity index (χ3n) is 3.03. The molecule has 2 heterocycles. The molecule has 82 valence electrons. The molecule has 2 aromatic rings. The van der Waals surface area contributed by atoms with Gasteiger partial charge in [-0.15, -0.1) is 0 Å². The molecule has 0 amide bonds. The molecule has 4 nitrogen and oxygen atoms in total. The number of anilines is 2. The fourth-order valence-electron chi connectivity index (χ4n) is 2.15. The molecule has 0 radical (unpaired) electrons. The Labute approximate surface area is 93.6 Å². The Kier molecular flexibility index (Phi) is 1.89. The van der Waals surface area contributed by atoms with Gasteiger partial charge in [0.15, 0.2) is 0 Å². The Balaban J connectivity index is 2.05. The molecule has 0 unspecified atom stereocenters. The first-order valence-electron chi connectivity index (χ1n) is 5.30. The average Bonchev–Trinajstić information content (AvgIpc) is 2.86. The van der Waals surface area contributed by atoms with Crippen molar-refractivity contribution in [2.75, 3.05) is 24.2 Å². The summed E-state index contributed by atoms with van der Waals surface area (Å²) in [5.41, 5.74) is 10.0. The lowest BCUT2D eigenvalue weighted by Gasteiger charge is -2.11. The summed E-state index contributed by atoms with van der Waals surface area (Å²) in [6.07, 6.45) is 1.09. The summed E-state index contributed by atoms with van der Waals surface area (Å²) in [6.45, 7) is 1.08. The van der Waals surface area contributed by atoms with E-state index in [-0.39, 0.29) is 0 Å². The Morgan fingerprint density at radius 3 is 3.00 bits per heavy atom. The van der Waals surface area contributed by atoms with Gasteiger partial charge in [-0.05, 0) is 24.1 Å². The fraction of sp³-hybridized carbons (Fsp3) is 0.250. The molecule has 4 heteroatoms. The van der Waals surface area contributed by atoms with Crippen LogP contribution in [-0.2, 0) is 6.42 Å². The van der Waals surface area contributed by atoms with Crippen LogP contribution in [-0.4, -0.2) is 18.7 Å². The largest absolute Gasteiger partial charge is 0.374 e. The number of rotatable bonds is 1. The first kappa shape index (κ1) is 9.27. The Morgan fingerprint density at radius 2 is 2.25 bits per heavy atom. The van der Waals surface area contributed by atoms with E-state index in [0.717, 1.165) is 24.2 Å². The number of likely N-dealkylation sites (N-methyl/N-ethyl adjacent to an activating group) is 1. The zero-order valence-corrected chi connectivity index (χ0v) is 9.10. The molecule has 1 aliphatic heterocycles. The average molecular weight is 215 g/mol. The van der Waals surface area contributed by atoms with Crippen LogP contribution in [0.2, 0.25) is 0 Å². The van der Waals surface area contributed by atoms with Crippen molar-refractivity contribution in [2.24, 2.45) is 0 Å². The number of nitrogen functional groups attached to an aromatic ring is 1. The summed E-state index contributed by atoms with van der Waals surface area (Å²) in [4.78, 5) is 2.26. The summed E-state index contributed by atoms with van der Waals surface area (Å²) in [7, 11) is 2.11. The molecule has 1 aromatic carbocycles. The van der Waals surface area contributed by atoms with Crippen LogP contribution >= 0.6 is 0 Å². The van der Waals surface area contributed by atoms with Gasteiger partial charge >= 0.3 is 0 Å². The second kappa shape index (κ2) is 3.27. The second-order valence-corrected chi connectivity index (χ2v) is 4.13. The molecule has 1 aromatic heterocycles. The standard InChI is InChI=1S/C12H13N3O/c1-15-5-4-9-6-8(2-3-11(9)15)10-7-12(13)16-14-10/h2-3,6-7H,4-5,13H2,1H3. The highest BCUT2D eigenvalue weighted by Crippen LogP contribution is 2.31. The first-order chi connectivity index (χ1) is 7.74. The number of hydrogen-bond acceptors (Lipinski definition) is 4. The maximum atomic E-state index is 5.51. The Hall–Kier alpha value is -1.97. The van der Waals surface area contributed by atoms with Gasteiger partial charge in [0.05, 0.1) is 0 Å². The van der Waals surface area contributed by atoms with Gasteiger partial charge in [0.1, 0.15) is 5.69 Å². The molecule has 3 rings (SSSR count). The summed E-state index contributed by atoms with van der Waals surface area (Å²) in [6, 6.07) is 8.09. The minimum absolute atomic E-state index is 0.354. The van der Waals surface area contributed by atoms with Crippen molar-refractivity contribution < 1.29 is 4.52 Å². The number of benzene rings is 1. The van der Waals surface area contributed by atoms with E-state index in [0.29, 0.717) is 5.88 Å². The number of nitrogens with zero attached hydrogens (tertiary/aromatic N) is 2. The molecule has 0 saturated carbocycles. The molecule has 1 aliphatic rings. The van der Waals surface area contributed by atoms with E-state index in [1.807, 2.05) is 0 Å². The Bertz CT molecular complexity index is 533. The van der Waals surface area contributed by atoms with Crippen LogP contribution in [0.3, 0.4) is 0 Å². The van der Waals surface area contributed by atoms with Gasteiger partial charge in [-0.2, -0.15) is 0 Å². The maximum absolute atomic E-state index is 5.51. The number of aromatic nitrogens is 1. The van der Waals surface area contributed by atoms with Crippen LogP contribution in [0.4, 0.5) is 11.6 Å². The van der Waals surface area contributed by atoms with Gasteiger partial charge in [-0.3, -0.25) is 0 Å². The number of nitrogens with two attached hydrogens (primary N) is 1. The van der Waals surface area contributed by atoms with E-state index < -0.39 is 0 Å². The summed E-state index contributed by atoms with van der Waals surface area (Å²) < 4.78 is 4.88. The maximum Gasteiger partial charge on any atom is 0.222 e. The molecule has 2 N–H and O–H groups in total. The van der Waals surface area contributed by atoms with E-state index in [9.17, 15) is 0 Å². The predicted molar refractivity (Wildman–Crippen MR) is 63.3 cm³/mol. The van der Waals surface area contributed by atoms with Gasteiger partial charge in [0.25, 0.3) is 0 Å². The molecule has 0 bridgehead atoms. The zero-order valence-electron chi connectivity index (χ0n) is 9.10. The topological polar surface area (TPSA) is 55.3 Å². The summed E-state index contributed by atoms with van der Waals surface area (Å²) in [5, 5.41) is 3.92. The van der Waals surface area contributed by atoms with Crippen molar-refractivity contribution >= 4 is 11.6 Å². The zero-order chi connectivity index (χ0) is 11.1. The molecule has 0 atom stereocenters. The van der Waals surface area contributed by atoms with Crippen LogP contribution < -0.4 is 10.6 Å². The highest BCUT2D eigenvalue weighted by atomic mass is 16.5. The molecular weight excluding hydrogens is 202 g/mol. The van der Waals surface area contributed by atoms with Crippen molar-refractivity contribution in [3.8, 4) is 11.3 Å². The van der Waals surface area contributed by atoms with Gasteiger partial charge in [0, 0.05) is 30.9 Å². The number of fused-ring (bicyclic) bond motifs is 1. The third-order valence-corrected chi connectivity index (χ3v) is 3.03. The minimum atomic E-state index is 0.354. The normalized spacial score (nSPS) is 14.2. The lowest BCUT2D eigenvalue weighted by molar-refractivity contribution is 0.439. The summed E-state index contributed by atoms with van der Waals surface area (Å²) >= 11 is 0. The minimum Gasteiger partial charge on any atom is -0.374 e. The van der Waals surface area contributed by atoms with Crippen molar-refractivity contribution in [1.29, 1.82) is 0 Å². The lowest BCUT2D eigenvalue weighted by atomic mass is 10.1. The molecule has 0 fully saturated rings. The summed E-state index contributed by atoms with van der Waals surface area (Å²) in [5.74, 6) is 0.354. The van der Waals surface area contributed by atoms with Crippen molar-refractivity contribution in [3.05, 3.63) is 29.8 Å². The van der Waals surface area contributed by atoms with Crippen LogP contribution in [0.5, 0.6) is 0 Å². The predicted octanol–water partition coefficient (Wildman–Crippen LogP) is 1.92. The van der Waals surface area contributed by atoms with Gasteiger partial charge in [-0.25, -0.2) is 0 Å². The van der Waals surface area contributed by atoms with Gasteiger partial charge in [-0.1, -0.05) is 11.2 Å². The fourth-order valence-corrected chi connectivity index (χ4v) is 2.15. The van der Waals surface area contributed by atoms with Crippen molar-refractivity contribution in [1.82, 2.24) is 5.16 Å². The first-order valence-corrected chi connectivity index (χ1v) is 5.30. The van der Waals surface area contributed by atoms with Crippen LogP contribution in [0.1, 0.15) is 5.56 Å². The number of hydrogen-bond donors (Lipinski definition) is 1. The van der Waals surface area contributed by atoms with Crippen molar-refractivity contribution in [2.45, 2.75) is 6.42 Å². The van der Waals surface area contributed by atoms with Crippen molar-refractivity contribution in [3.63, 3.8) is 0 Å². The molecular formula is C12H13N3O. The lowest BCUT2D eigenvalue weighted by Crippen LogP contribution is -2.12. The van der Waals surface area contributed by atoms with E-state index in [1.165, 1.54) is 11.3 Å². The quantitative estimate of drug-likeness (QED) is 0.789. The molecule has 0 saturated heterocycles. The van der Waals surface area contributed by atoms with Crippen LogP contribution in [0, 0.1) is 0 Å². The van der Waals surface area contributed by atoms with Gasteiger partial charge in [0.2, 0.25) is 5.88 Å².